The van der Waals surface area contributed by atoms with Gasteiger partial charge in [-0.15, -0.1) is 0 Å². The van der Waals surface area contributed by atoms with Crippen molar-refractivity contribution >= 4 is 27.5 Å². The normalized spacial score (nSPS) is 15.0. The van der Waals surface area contributed by atoms with Crippen LogP contribution < -0.4 is 5.32 Å². The van der Waals surface area contributed by atoms with Gasteiger partial charge in [0.05, 0.1) is 11.6 Å². The van der Waals surface area contributed by atoms with E-state index in [-0.39, 0.29) is 0 Å². The molecule has 1 saturated carbocycles. The molecule has 1 aromatic carbocycles. The van der Waals surface area contributed by atoms with Crippen LogP contribution in [0.4, 0.5) is 0 Å². The first kappa shape index (κ1) is 12.3. The molecule has 2 nitrogen and oxygen atoms in total. The van der Waals surface area contributed by atoms with Gasteiger partial charge in [-0.25, -0.2) is 0 Å². The standard InChI is InChI=1S/C14H13BrClNO/c15-9-1-5-13(16)12(7-9)14-6-4-11(18-14)8-17-10-2-3-10/h1,4-7,10,17H,2-3,8H2. The Bertz CT molecular complexity index is 563. The van der Waals surface area contributed by atoms with Crippen LogP contribution in [0.1, 0.15) is 18.6 Å². The summed E-state index contributed by atoms with van der Waals surface area (Å²) in [4.78, 5) is 0. The van der Waals surface area contributed by atoms with Crippen LogP contribution in [0.2, 0.25) is 5.02 Å². The quantitative estimate of drug-likeness (QED) is 0.887. The van der Waals surface area contributed by atoms with Crippen molar-refractivity contribution in [2.75, 3.05) is 0 Å². The molecule has 1 heterocycles. The van der Waals surface area contributed by atoms with Crippen molar-refractivity contribution in [2.45, 2.75) is 25.4 Å². The summed E-state index contributed by atoms with van der Waals surface area (Å²) in [7, 11) is 0. The highest BCUT2D eigenvalue weighted by molar-refractivity contribution is 9.10. The summed E-state index contributed by atoms with van der Waals surface area (Å²) in [6, 6.07) is 10.4. The van der Waals surface area contributed by atoms with Gasteiger partial charge in [-0.3, -0.25) is 0 Å². The molecule has 3 rings (SSSR count). The Kier molecular flexibility index (Phi) is 3.46. The maximum Gasteiger partial charge on any atom is 0.135 e. The summed E-state index contributed by atoms with van der Waals surface area (Å²) in [5.74, 6) is 1.77. The minimum atomic E-state index is 0.688. The third kappa shape index (κ3) is 2.79. The summed E-state index contributed by atoms with van der Waals surface area (Å²) >= 11 is 9.63. The molecule has 0 aliphatic heterocycles. The molecule has 0 spiro atoms. The number of hydrogen-bond donors (Lipinski definition) is 1. The van der Waals surface area contributed by atoms with Crippen molar-refractivity contribution in [3.8, 4) is 11.3 Å². The maximum absolute atomic E-state index is 6.18. The first-order valence-electron chi connectivity index (χ1n) is 6.00. The lowest BCUT2D eigenvalue weighted by Gasteiger charge is -2.02. The minimum absolute atomic E-state index is 0.688. The van der Waals surface area contributed by atoms with Crippen LogP contribution in [0, 0.1) is 0 Å². The number of rotatable bonds is 4. The smallest absolute Gasteiger partial charge is 0.135 e. The summed E-state index contributed by atoms with van der Waals surface area (Å²) in [5, 5.41) is 4.13. The van der Waals surface area contributed by atoms with E-state index in [0.717, 1.165) is 28.1 Å². The molecule has 2 aromatic rings. The van der Waals surface area contributed by atoms with E-state index >= 15 is 0 Å². The second-order valence-electron chi connectivity index (χ2n) is 4.55. The lowest BCUT2D eigenvalue weighted by atomic mass is 10.2. The largest absolute Gasteiger partial charge is 0.460 e. The van der Waals surface area contributed by atoms with Crippen LogP contribution in [0.15, 0.2) is 39.2 Å². The van der Waals surface area contributed by atoms with Gasteiger partial charge in [-0.2, -0.15) is 0 Å². The van der Waals surface area contributed by atoms with Gasteiger partial charge in [0.25, 0.3) is 0 Å². The molecule has 0 unspecified atom stereocenters. The topological polar surface area (TPSA) is 25.2 Å². The lowest BCUT2D eigenvalue weighted by Crippen LogP contribution is -2.14. The van der Waals surface area contributed by atoms with E-state index in [4.69, 9.17) is 16.0 Å². The van der Waals surface area contributed by atoms with Crippen molar-refractivity contribution in [2.24, 2.45) is 0 Å². The molecule has 0 bridgehead atoms. The van der Waals surface area contributed by atoms with Gasteiger partial charge in [-0.1, -0.05) is 27.5 Å². The second kappa shape index (κ2) is 5.08. The van der Waals surface area contributed by atoms with Crippen LogP contribution in [0.25, 0.3) is 11.3 Å². The zero-order valence-electron chi connectivity index (χ0n) is 9.75. The first-order valence-corrected chi connectivity index (χ1v) is 7.17. The van der Waals surface area contributed by atoms with E-state index in [0.29, 0.717) is 11.1 Å². The average Bonchev–Trinajstić information content (AvgIpc) is 3.08. The van der Waals surface area contributed by atoms with Gasteiger partial charge in [0.15, 0.2) is 0 Å². The highest BCUT2D eigenvalue weighted by atomic mass is 79.9. The zero-order valence-corrected chi connectivity index (χ0v) is 12.1. The Morgan fingerprint density at radius 2 is 2.11 bits per heavy atom. The second-order valence-corrected chi connectivity index (χ2v) is 5.87. The third-order valence-corrected chi connectivity index (χ3v) is 3.82. The van der Waals surface area contributed by atoms with E-state index in [1.807, 2.05) is 30.3 Å². The fourth-order valence-corrected chi connectivity index (χ4v) is 2.41. The predicted octanol–water partition coefficient (Wildman–Crippen LogP) is 4.61. The van der Waals surface area contributed by atoms with E-state index in [1.165, 1.54) is 12.8 Å². The molecule has 1 aliphatic rings. The number of nitrogens with one attached hydrogen (secondary N) is 1. The van der Waals surface area contributed by atoms with E-state index < -0.39 is 0 Å². The third-order valence-electron chi connectivity index (χ3n) is 3.00. The molecular formula is C14H13BrClNO. The number of halogens is 2. The Labute approximate surface area is 119 Å². The Hall–Kier alpha value is -0.770. The van der Waals surface area contributed by atoms with Gasteiger partial charge in [-0.05, 0) is 43.2 Å². The number of furan rings is 1. The van der Waals surface area contributed by atoms with Crippen LogP contribution in [-0.4, -0.2) is 6.04 Å². The van der Waals surface area contributed by atoms with E-state index in [2.05, 4.69) is 21.2 Å². The average molecular weight is 327 g/mol. The monoisotopic (exact) mass is 325 g/mol. The molecule has 4 heteroatoms. The van der Waals surface area contributed by atoms with Crippen LogP contribution in [-0.2, 0) is 6.54 Å². The van der Waals surface area contributed by atoms with Crippen molar-refractivity contribution in [3.05, 3.63) is 45.6 Å². The van der Waals surface area contributed by atoms with Gasteiger partial charge in [0, 0.05) is 16.1 Å². The predicted molar refractivity (Wildman–Crippen MR) is 76.7 cm³/mol. The Balaban J connectivity index is 1.80. The summed E-state index contributed by atoms with van der Waals surface area (Å²) in [5.41, 5.74) is 0.920. The highest BCUT2D eigenvalue weighted by Gasteiger charge is 2.20. The van der Waals surface area contributed by atoms with Crippen LogP contribution >= 0.6 is 27.5 Å². The number of benzene rings is 1. The van der Waals surface area contributed by atoms with Crippen molar-refractivity contribution in [3.63, 3.8) is 0 Å². The van der Waals surface area contributed by atoms with Crippen molar-refractivity contribution < 1.29 is 4.42 Å². The first-order chi connectivity index (χ1) is 8.72. The van der Waals surface area contributed by atoms with E-state index in [1.54, 1.807) is 0 Å². The zero-order chi connectivity index (χ0) is 12.5. The van der Waals surface area contributed by atoms with Gasteiger partial charge >= 0.3 is 0 Å². The van der Waals surface area contributed by atoms with Crippen LogP contribution in [0.5, 0.6) is 0 Å². The molecular weight excluding hydrogens is 314 g/mol. The Morgan fingerprint density at radius 1 is 1.28 bits per heavy atom. The maximum atomic E-state index is 6.18. The molecule has 0 atom stereocenters. The van der Waals surface area contributed by atoms with Gasteiger partial charge in [0.1, 0.15) is 11.5 Å². The minimum Gasteiger partial charge on any atom is -0.460 e. The molecule has 1 fully saturated rings. The molecule has 1 aromatic heterocycles. The number of hydrogen-bond acceptors (Lipinski definition) is 2. The molecule has 0 saturated heterocycles. The highest BCUT2D eigenvalue weighted by Crippen LogP contribution is 2.32. The van der Waals surface area contributed by atoms with Crippen molar-refractivity contribution in [1.29, 1.82) is 0 Å². The molecule has 1 aliphatic carbocycles. The molecule has 0 radical (unpaired) electrons. The van der Waals surface area contributed by atoms with Gasteiger partial charge < -0.3 is 9.73 Å². The van der Waals surface area contributed by atoms with E-state index in [9.17, 15) is 0 Å². The summed E-state index contributed by atoms with van der Waals surface area (Å²) in [6.45, 7) is 0.788. The summed E-state index contributed by atoms with van der Waals surface area (Å²) in [6.07, 6.45) is 2.57. The molecule has 18 heavy (non-hydrogen) atoms. The van der Waals surface area contributed by atoms with Crippen molar-refractivity contribution in [1.82, 2.24) is 5.32 Å². The van der Waals surface area contributed by atoms with Gasteiger partial charge in [0.2, 0.25) is 0 Å². The Morgan fingerprint density at radius 3 is 2.89 bits per heavy atom. The molecule has 1 N–H and O–H groups in total. The molecule has 94 valence electrons. The molecule has 0 amide bonds. The SMILES string of the molecule is Clc1ccc(Br)cc1-c1ccc(CNC2CC2)o1. The fourth-order valence-electron chi connectivity index (χ4n) is 1.84. The summed E-state index contributed by atoms with van der Waals surface area (Å²) < 4.78 is 6.81. The lowest BCUT2D eigenvalue weighted by molar-refractivity contribution is 0.492. The van der Waals surface area contributed by atoms with Crippen LogP contribution in [0.3, 0.4) is 0 Å². The fraction of sp³-hybridized carbons (Fsp3) is 0.286.